The van der Waals surface area contributed by atoms with Crippen molar-refractivity contribution in [2.75, 3.05) is 4.90 Å². The van der Waals surface area contributed by atoms with E-state index in [-0.39, 0.29) is 16.2 Å². The van der Waals surface area contributed by atoms with E-state index < -0.39 is 0 Å². The second-order valence-corrected chi connectivity index (χ2v) is 20.6. The van der Waals surface area contributed by atoms with Crippen LogP contribution in [-0.2, 0) is 16.2 Å². The molecule has 6 atom stereocenters. The summed E-state index contributed by atoms with van der Waals surface area (Å²) in [5.41, 5.74) is 11.3. The third-order valence-electron chi connectivity index (χ3n) is 15.4. The van der Waals surface area contributed by atoms with Crippen LogP contribution >= 0.6 is 23.1 Å². The van der Waals surface area contributed by atoms with E-state index in [1.54, 1.807) is 11.1 Å². The zero-order valence-corrected chi connectivity index (χ0v) is 31.8. The quantitative estimate of drug-likeness (QED) is 0.181. The van der Waals surface area contributed by atoms with Crippen molar-refractivity contribution in [2.45, 2.75) is 92.3 Å². The van der Waals surface area contributed by atoms with Gasteiger partial charge in [-0.15, -0.1) is 11.3 Å². The summed E-state index contributed by atoms with van der Waals surface area (Å²) in [6.07, 6.45) is 8.31. The first-order chi connectivity index (χ1) is 24.7. The topological polar surface area (TPSA) is 3.24 Å². The van der Waals surface area contributed by atoms with Gasteiger partial charge in [0.15, 0.2) is 0 Å². The Hall–Kier alpha value is -3.53. The van der Waals surface area contributed by atoms with Crippen molar-refractivity contribution in [2.24, 2.45) is 29.1 Å². The van der Waals surface area contributed by atoms with Crippen molar-refractivity contribution >= 4 is 60.3 Å². The Morgan fingerprint density at radius 3 is 2.22 bits per heavy atom. The van der Waals surface area contributed by atoms with Crippen molar-refractivity contribution < 1.29 is 0 Å². The van der Waals surface area contributed by atoms with E-state index in [1.807, 2.05) is 23.1 Å². The highest BCUT2D eigenvalue weighted by Gasteiger charge is 2.84. The number of thiophene rings is 1. The molecule has 1 nitrogen and oxygen atoms in total. The number of rotatable bonds is 3. The molecule has 4 saturated carbocycles. The maximum atomic E-state index is 2.65. The largest absolute Gasteiger partial charge is 0.309 e. The van der Waals surface area contributed by atoms with E-state index in [9.17, 15) is 0 Å². The fraction of sp³-hybridized carbons (Fsp3) is 0.375. The Bertz CT molecular complexity index is 2480. The predicted octanol–water partition coefficient (Wildman–Crippen LogP) is 13.7. The standard InChI is InChI=1S/C48H45NS2/c1-45(2)20-21-46(3,4)37-26-31(16-18-34(37)45)49(30-17-19-40-33(25-30)32-10-5-7-14-39(32)50-40)38-13-9-12-36-44(38)51-41-15-8-6-11-35(41)48(36)42-23-28-22-29-24-43(48)47(29,42)27-28/h5-19,25-26,28-29,42-43H,20-24,27H2,1-4H3. The number of hydrogen-bond donors (Lipinski definition) is 0. The van der Waals surface area contributed by atoms with Gasteiger partial charge in [-0.1, -0.05) is 94.1 Å². The molecule has 0 radical (unpaired) electrons. The molecule has 1 aliphatic heterocycles. The molecular weight excluding hydrogens is 655 g/mol. The molecule has 2 heterocycles. The monoisotopic (exact) mass is 699 g/mol. The van der Waals surface area contributed by atoms with Gasteiger partial charge in [0, 0.05) is 46.8 Å². The fourth-order valence-corrected chi connectivity index (χ4v) is 15.7. The van der Waals surface area contributed by atoms with Crippen LogP contribution in [0.2, 0.25) is 0 Å². The second kappa shape index (κ2) is 9.71. The van der Waals surface area contributed by atoms with Crippen LogP contribution in [0.15, 0.2) is 113 Å². The molecule has 5 aromatic carbocycles. The average molecular weight is 700 g/mol. The van der Waals surface area contributed by atoms with Crippen LogP contribution < -0.4 is 4.90 Å². The molecule has 6 aromatic rings. The van der Waals surface area contributed by atoms with Gasteiger partial charge in [-0.3, -0.25) is 0 Å². The molecule has 4 fully saturated rings. The molecule has 254 valence electrons. The van der Waals surface area contributed by atoms with E-state index in [2.05, 4.69) is 136 Å². The Morgan fingerprint density at radius 1 is 0.608 bits per heavy atom. The molecule has 51 heavy (non-hydrogen) atoms. The molecule has 6 aliphatic rings. The zero-order valence-electron chi connectivity index (χ0n) is 30.1. The lowest BCUT2D eigenvalue weighted by Gasteiger charge is -2.78. The number of hydrogen-bond acceptors (Lipinski definition) is 3. The normalized spacial score (nSPS) is 31.1. The van der Waals surface area contributed by atoms with Crippen molar-refractivity contribution in [3.63, 3.8) is 0 Å². The third kappa shape index (κ3) is 3.57. The number of nitrogens with zero attached hydrogens (tertiary/aromatic N) is 1. The highest BCUT2D eigenvalue weighted by atomic mass is 32.2. The Balaban J connectivity index is 1.11. The lowest BCUT2D eigenvalue weighted by atomic mass is 9.26. The number of benzene rings is 5. The van der Waals surface area contributed by atoms with Crippen LogP contribution in [0.1, 0.15) is 88.5 Å². The minimum absolute atomic E-state index is 0.136. The van der Waals surface area contributed by atoms with Gasteiger partial charge < -0.3 is 4.90 Å². The van der Waals surface area contributed by atoms with Crippen LogP contribution in [-0.4, -0.2) is 0 Å². The highest BCUT2D eigenvalue weighted by molar-refractivity contribution is 7.99. The van der Waals surface area contributed by atoms with Gasteiger partial charge in [0.2, 0.25) is 0 Å². The predicted molar refractivity (Wildman–Crippen MR) is 216 cm³/mol. The molecule has 12 rings (SSSR count). The summed E-state index contributed by atoms with van der Waals surface area (Å²) in [5, 5.41) is 2.72. The van der Waals surface area contributed by atoms with Gasteiger partial charge >= 0.3 is 0 Å². The first kappa shape index (κ1) is 30.0. The average Bonchev–Trinajstić information content (AvgIpc) is 3.80. The summed E-state index contributed by atoms with van der Waals surface area (Å²) in [5.74, 6) is 3.51. The van der Waals surface area contributed by atoms with Crippen LogP contribution in [0.3, 0.4) is 0 Å². The SMILES string of the molecule is CC1(C)CCC(C)(C)c2cc(N(c3ccc4sc5ccccc5c4c3)c3cccc4c3Sc3ccccc3C43C4CC5CC6CC3C64C5)ccc21. The lowest BCUT2D eigenvalue weighted by molar-refractivity contribution is -0.235. The molecular formula is C48H45NS2. The van der Waals surface area contributed by atoms with E-state index in [0.29, 0.717) is 5.41 Å². The maximum Gasteiger partial charge on any atom is 0.0604 e. The number of anilines is 3. The second-order valence-electron chi connectivity index (χ2n) is 18.4. The van der Waals surface area contributed by atoms with Crippen LogP contribution in [0.5, 0.6) is 0 Å². The summed E-state index contributed by atoms with van der Waals surface area (Å²) in [6, 6.07) is 40.7. The Morgan fingerprint density at radius 2 is 1.33 bits per heavy atom. The smallest absolute Gasteiger partial charge is 0.0604 e. The third-order valence-corrected chi connectivity index (χ3v) is 17.8. The Labute approximate surface area is 310 Å². The van der Waals surface area contributed by atoms with Crippen molar-refractivity contribution in [3.8, 4) is 0 Å². The van der Waals surface area contributed by atoms with Gasteiger partial charge in [0.05, 0.1) is 5.69 Å². The molecule has 1 aromatic heterocycles. The molecule has 0 N–H and O–H groups in total. The van der Waals surface area contributed by atoms with Crippen molar-refractivity contribution in [3.05, 3.63) is 125 Å². The Kier molecular flexibility index (Phi) is 5.71. The lowest BCUT2D eigenvalue weighted by Crippen LogP contribution is -2.74. The number of fused-ring (bicyclic) bond motifs is 11. The summed E-state index contributed by atoms with van der Waals surface area (Å²) in [6.45, 7) is 9.82. The summed E-state index contributed by atoms with van der Waals surface area (Å²) in [7, 11) is 0. The fourth-order valence-electron chi connectivity index (χ4n) is 13.3. The highest BCUT2D eigenvalue weighted by Crippen LogP contribution is 2.89. The van der Waals surface area contributed by atoms with E-state index >= 15 is 0 Å². The van der Waals surface area contributed by atoms with Gasteiger partial charge in [-0.25, -0.2) is 0 Å². The maximum absolute atomic E-state index is 2.65. The van der Waals surface area contributed by atoms with E-state index in [4.69, 9.17) is 0 Å². The van der Waals surface area contributed by atoms with Crippen molar-refractivity contribution in [1.82, 2.24) is 0 Å². The van der Waals surface area contributed by atoms with E-state index in [0.717, 1.165) is 23.7 Å². The van der Waals surface area contributed by atoms with Crippen molar-refractivity contribution in [1.29, 1.82) is 0 Å². The minimum atomic E-state index is 0.136. The first-order valence-electron chi connectivity index (χ1n) is 19.5. The summed E-state index contributed by atoms with van der Waals surface area (Å²) in [4.78, 5) is 5.63. The van der Waals surface area contributed by atoms with E-state index in [1.165, 1.54) is 96.7 Å². The van der Waals surface area contributed by atoms with Gasteiger partial charge in [0.25, 0.3) is 0 Å². The van der Waals surface area contributed by atoms with Crippen LogP contribution in [0, 0.1) is 29.1 Å². The molecule has 0 saturated heterocycles. The molecule has 2 spiro atoms. The molecule has 5 aliphatic carbocycles. The zero-order chi connectivity index (χ0) is 34.1. The first-order valence-corrected chi connectivity index (χ1v) is 21.1. The van der Waals surface area contributed by atoms with Crippen LogP contribution in [0.25, 0.3) is 20.2 Å². The molecule has 3 heteroatoms. The van der Waals surface area contributed by atoms with Gasteiger partial charge in [-0.2, -0.15) is 0 Å². The summed E-state index contributed by atoms with van der Waals surface area (Å²) >= 11 is 3.96. The molecule has 6 unspecified atom stereocenters. The van der Waals surface area contributed by atoms with Gasteiger partial charge in [-0.05, 0) is 149 Å². The summed E-state index contributed by atoms with van der Waals surface area (Å²) < 4.78 is 2.73. The van der Waals surface area contributed by atoms with Crippen LogP contribution in [0.4, 0.5) is 17.1 Å². The molecule has 2 bridgehead atoms. The van der Waals surface area contributed by atoms with Gasteiger partial charge in [0.1, 0.15) is 0 Å². The molecule has 0 amide bonds. The minimum Gasteiger partial charge on any atom is -0.309 e.